The van der Waals surface area contributed by atoms with Crippen molar-refractivity contribution in [2.45, 2.75) is 18.7 Å². The summed E-state index contributed by atoms with van der Waals surface area (Å²) in [6.45, 7) is 2.21. The lowest BCUT2D eigenvalue weighted by molar-refractivity contribution is -0.139. The van der Waals surface area contributed by atoms with Gasteiger partial charge in [0.25, 0.3) is 0 Å². The molecule has 0 aliphatic carbocycles. The number of hydrogen-bond donors (Lipinski definition) is 0. The van der Waals surface area contributed by atoms with E-state index in [1.807, 2.05) is 0 Å². The van der Waals surface area contributed by atoms with Gasteiger partial charge < -0.3 is 14.0 Å². The average Bonchev–Trinajstić information content (AvgIpc) is 2.85. The van der Waals surface area contributed by atoms with E-state index in [1.54, 1.807) is 18.5 Å². The molecular weight excluding hydrogens is 345 g/mol. The van der Waals surface area contributed by atoms with Crippen molar-refractivity contribution in [2.24, 2.45) is 7.05 Å². The van der Waals surface area contributed by atoms with Crippen molar-refractivity contribution >= 4 is 29.3 Å². The van der Waals surface area contributed by atoms with Crippen LogP contribution in [0.25, 0.3) is 0 Å². The minimum atomic E-state index is -0.432. The zero-order chi connectivity index (χ0) is 16.8. The number of carbonyl (C=O) groups is 1. The summed E-state index contributed by atoms with van der Waals surface area (Å²) in [6, 6.07) is 3.89. The van der Waals surface area contributed by atoms with Crippen LogP contribution in [0.5, 0.6) is 5.75 Å². The van der Waals surface area contributed by atoms with Gasteiger partial charge in [-0.25, -0.2) is 4.39 Å². The topological polar surface area (TPSA) is 66.2 Å². The molecule has 6 nitrogen and oxygen atoms in total. The van der Waals surface area contributed by atoms with Crippen molar-refractivity contribution in [3.63, 3.8) is 0 Å². The number of carbonyl (C=O) groups excluding carboxylic acids is 1. The summed E-state index contributed by atoms with van der Waals surface area (Å²) in [5.74, 6) is 0.327. The molecule has 0 N–H and O–H groups in total. The Morgan fingerprint density at radius 1 is 1.43 bits per heavy atom. The van der Waals surface area contributed by atoms with Gasteiger partial charge in [0.05, 0.1) is 17.4 Å². The zero-order valence-corrected chi connectivity index (χ0v) is 14.2. The molecule has 9 heteroatoms. The molecule has 0 fully saturated rings. The number of esters is 1. The summed E-state index contributed by atoms with van der Waals surface area (Å²) < 4.78 is 25.1. The lowest BCUT2D eigenvalue weighted by atomic mass is 10.3. The Labute approximate surface area is 141 Å². The third-order valence-electron chi connectivity index (χ3n) is 2.80. The number of hydrogen-bond acceptors (Lipinski definition) is 6. The van der Waals surface area contributed by atoms with Gasteiger partial charge in [-0.2, -0.15) is 0 Å². The van der Waals surface area contributed by atoms with Gasteiger partial charge in [0.1, 0.15) is 18.2 Å². The minimum absolute atomic E-state index is 0.120. The molecule has 124 valence electrons. The number of rotatable bonds is 7. The van der Waals surface area contributed by atoms with E-state index in [1.165, 1.54) is 30.0 Å². The van der Waals surface area contributed by atoms with E-state index in [0.29, 0.717) is 23.3 Å². The van der Waals surface area contributed by atoms with E-state index in [0.717, 1.165) is 0 Å². The van der Waals surface area contributed by atoms with Crippen LogP contribution in [0.1, 0.15) is 12.7 Å². The van der Waals surface area contributed by atoms with Crippen LogP contribution in [0.2, 0.25) is 5.02 Å². The summed E-state index contributed by atoms with van der Waals surface area (Å²) in [4.78, 5) is 11.3. The molecule has 1 aromatic heterocycles. The summed E-state index contributed by atoms with van der Waals surface area (Å²) in [7, 11) is 1.76. The summed E-state index contributed by atoms with van der Waals surface area (Å²) in [5.41, 5.74) is 0. The first-order valence-corrected chi connectivity index (χ1v) is 8.12. The number of benzene rings is 1. The highest BCUT2D eigenvalue weighted by atomic mass is 35.5. The van der Waals surface area contributed by atoms with Crippen LogP contribution in [0.4, 0.5) is 4.39 Å². The molecule has 0 aliphatic rings. The number of nitrogens with zero attached hydrogens (tertiary/aromatic N) is 3. The first-order chi connectivity index (χ1) is 11.0. The molecule has 0 aliphatic heterocycles. The van der Waals surface area contributed by atoms with Gasteiger partial charge in [-0.15, -0.1) is 10.2 Å². The zero-order valence-electron chi connectivity index (χ0n) is 12.6. The molecule has 2 aromatic rings. The molecule has 0 unspecified atom stereocenters. The Morgan fingerprint density at radius 3 is 2.91 bits per heavy atom. The smallest absolute Gasteiger partial charge is 0.316 e. The average molecular weight is 360 g/mol. The molecular formula is C14H15ClFN3O3S. The van der Waals surface area contributed by atoms with E-state index in [2.05, 4.69) is 10.2 Å². The van der Waals surface area contributed by atoms with Crippen LogP contribution >= 0.6 is 23.4 Å². The number of ether oxygens (including phenoxy) is 2. The Hall–Kier alpha value is -1.80. The predicted octanol–water partition coefficient (Wildman–Crippen LogP) is 2.84. The van der Waals surface area contributed by atoms with Crippen LogP contribution < -0.4 is 4.74 Å². The van der Waals surface area contributed by atoms with E-state index in [9.17, 15) is 9.18 Å². The van der Waals surface area contributed by atoms with E-state index in [4.69, 9.17) is 21.1 Å². The first-order valence-electron chi connectivity index (χ1n) is 6.75. The van der Waals surface area contributed by atoms with Crippen molar-refractivity contribution in [2.75, 3.05) is 12.4 Å². The second-order valence-corrected chi connectivity index (χ2v) is 5.76. The molecule has 0 saturated heterocycles. The lowest BCUT2D eigenvalue weighted by Crippen LogP contribution is -2.08. The Kier molecular flexibility index (Phi) is 6.23. The van der Waals surface area contributed by atoms with E-state index < -0.39 is 5.82 Å². The Morgan fingerprint density at radius 2 is 2.22 bits per heavy atom. The highest BCUT2D eigenvalue weighted by molar-refractivity contribution is 7.99. The third-order valence-corrected chi connectivity index (χ3v) is 4.09. The third kappa shape index (κ3) is 4.84. The van der Waals surface area contributed by atoms with Gasteiger partial charge in [-0.3, -0.25) is 4.79 Å². The summed E-state index contributed by atoms with van der Waals surface area (Å²) in [6.07, 6.45) is 0. The van der Waals surface area contributed by atoms with Crippen LogP contribution in [0, 0.1) is 5.82 Å². The lowest BCUT2D eigenvalue weighted by Gasteiger charge is -2.08. The maximum absolute atomic E-state index is 13.0. The molecule has 0 bridgehead atoms. The molecule has 0 amide bonds. The molecule has 2 rings (SSSR count). The number of thioether (sulfide) groups is 1. The van der Waals surface area contributed by atoms with Crippen LogP contribution in [-0.4, -0.2) is 33.1 Å². The van der Waals surface area contributed by atoms with Crippen molar-refractivity contribution in [1.82, 2.24) is 14.8 Å². The largest absolute Gasteiger partial charge is 0.484 e. The maximum Gasteiger partial charge on any atom is 0.316 e. The molecule has 0 spiro atoms. The highest BCUT2D eigenvalue weighted by Crippen LogP contribution is 2.26. The van der Waals surface area contributed by atoms with Gasteiger partial charge in [-0.05, 0) is 25.1 Å². The second kappa shape index (κ2) is 8.16. The maximum atomic E-state index is 13.0. The predicted molar refractivity (Wildman–Crippen MR) is 84.1 cm³/mol. The molecule has 1 aromatic carbocycles. The fraction of sp³-hybridized carbons (Fsp3) is 0.357. The molecule has 0 atom stereocenters. The van der Waals surface area contributed by atoms with Gasteiger partial charge in [0.2, 0.25) is 0 Å². The van der Waals surface area contributed by atoms with E-state index in [-0.39, 0.29) is 23.4 Å². The Balaban J connectivity index is 1.95. The summed E-state index contributed by atoms with van der Waals surface area (Å²) >= 11 is 7.12. The van der Waals surface area contributed by atoms with Gasteiger partial charge in [0.15, 0.2) is 11.0 Å². The van der Waals surface area contributed by atoms with Crippen molar-refractivity contribution in [1.29, 1.82) is 0 Å². The SMILES string of the molecule is CCOC(=O)CSc1nnc(COc2ccc(F)cc2Cl)n1C. The minimum Gasteiger partial charge on any atom is -0.484 e. The van der Waals surface area contributed by atoms with Crippen LogP contribution in [-0.2, 0) is 23.2 Å². The number of halogens is 2. The molecule has 0 radical (unpaired) electrons. The summed E-state index contributed by atoms with van der Waals surface area (Å²) in [5, 5.41) is 8.75. The van der Waals surface area contributed by atoms with Crippen molar-refractivity contribution < 1.29 is 18.7 Å². The van der Waals surface area contributed by atoms with Crippen LogP contribution in [0.15, 0.2) is 23.4 Å². The normalized spacial score (nSPS) is 10.6. The van der Waals surface area contributed by atoms with Gasteiger partial charge >= 0.3 is 5.97 Å². The second-order valence-electron chi connectivity index (χ2n) is 4.41. The molecule has 23 heavy (non-hydrogen) atoms. The molecule has 1 heterocycles. The monoisotopic (exact) mass is 359 g/mol. The molecule has 0 saturated carbocycles. The number of aromatic nitrogens is 3. The van der Waals surface area contributed by atoms with Gasteiger partial charge in [0, 0.05) is 7.05 Å². The fourth-order valence-corrected chi connectivity index (χ4v) is 2.61. The van der Waals surface area contributed by atoms with Crippen LogP contribution in [0.3, 0.4) is 0 Å². The van der Waals surface area contributed by atoms with Crippen molar-refractivity contribution in [3.05, 3.63) is 34.9 Å². The highest BCUT2D eigenvalue weighted by Gasteiger charge is 2.13. The van der Waals surface area contributed by atoms with Crippen molar-refractivity contribution in [3.8, 4) is 5.75 Å². The van der Waals surface area contributed by atoms with Gasteiger partial charge in [-0.1, -0.05) is 23.4 Å². The first kappa shape index (κ1) is 17.6. The van der Waals surface area contributed by atoms with E-state index >= 15 is 0 Å². The standard InChI is InChI=1S/C14H15ClFN3O3S/c1-3-21-13(20)8-23-14-18-17-12(19(14)2)7-22-11-5-4-9(16)6-10(11)15/h4-6H,3,7-8H2,1-2H3. The fourth-order valence-electron chi connectivity index (χ4n) is 1.66. The quantitative estimate of drug-likeness (QED) is 0.559. The Bertz CT molecular complexity index is 696.